The summed E-state index contributed by atoms with van der Waals surface area (Å²) in [5, 5.41) is 25.0. The largest absolute Gasteiger partial charge is 0.870 e. The normalized spacial score (nSPS) is 10.7. The van der Waals surface area contributed by atoms with Crippen molar-refractivity contribution in [3.63, 3.8) is 0 Å². The number of hydrogen-bond donors (Lipinski definition) is 2. The van der Waals surface area contributed by atoms with Crippen LogP contribution >= 0.6 is 27.5 Å². The van der Waals surface area contributed by atoms with Crippen LogP contribution in [0.5, 0.6) is 11.5 Å². The average Bonchev–Trinajstić information content (AvgIpc) is 2.51. The van der Waals surface area contributed by atoms with E-state index in [0.29, 0.717) is 20.7 Å². The van der Waals surface area contributed by atoms with Crippen LogP contribution in [0.25, 0.3) is 0 Å². The van der Waals surface area contributed by atoms with Gasteiger partial charge in [-0.3, -0.25) is 5.43 Å². The van der Waals surface area contributed by atoms with E-state index in [1.54, 1.807) is 6.07 Å². The maximum atomic E-state index is 11.7. The lowest BCUT2D eigenvalue weighted by Crippen LogP contribution is -2.00. The third-order valence-electron chi connectivity index (χ3n) is 2.88. The van der Waals surface area contributed by atoms with Gasteiger partial charge in [0.2, 0.25) is 0 Å². The number of nitrogens with zero attached hydrogens (tertiary/aromatic N) is 1. The molecule has 0 saturated heterocycles. The Hall–Kier alpha value is -2.25. The molecule has 0 atom stereocenters. The van der Waals surface area contributed by atoms with Crippen LogP contribution < -0.4 is 15.3 Å². The zero-order valence-electron chi connectivity index (χ0n) is 11.8. The molecule has 0 aromatic heterocycles. The zero-order chi connectivity index (χ0) is 17.0. The van der Waals surface area contributed by atoms with Gasteiger partial charge in [0.1, 0.15) is 5.75 Å². The van der Waals surface area contributed by atoms with Gasteiger partial charge >= 0.3 is 5.97 Å². The highest BCUT2D eigenvalue weighted by molar-refractivity contribution is 9.10. The Morgan fingerprint density at radius 1 is 1.43 bits per heavy atom. The number of benzene rings is 2. The van der Waals surface area contributed by atoms with Crippen molar-refractivity contribution in [1.82, 2.24) is 0 Å². The van der Waals surface area contributed by atoms with Gasteiger partial charge in [0.15, 0.2) is 0 Å². The number of halogens is 2. The molecule has 0 heterocycles. The van der Waals surface area contributed by atoms with Crippen LogP contribution in [-0.2, 0) is 0 Å². The van der Waals surface area contributed by atoms with E-state index in [4.69, 9.17) is 21.4 Å². The third kappa shape index (κ3) is 4.14. The first-order valence-corrected chi connectivity index (χ1v) is 7.46. The van der Waals surface area contributed by atoms with E-state index < -0.39 is 5.97 Å². The molecule has 0 radical (unpaired) electrons. The standard InChI is InChI=1S/C15H12BrClN2O4/c1-23-14-6-10(16)9(5-13(14)20)7-18-19-12-4-8(15(21)22)2-3-11(12)17/h2-7,19-20H,1H3,(H,21,22)/p-1/b18-7-. The summed E-state index contributed by atoms with van der Waals surface area (Å²) < 4.78 is 5.56. The third-order valence-corrected chi connectivity index (χ3v) is 3.90. The van der Waals surface area contributed by atoms with Gasteiger partial charge in [0.25, 0.3) is 0 Å². The van der Waals surface area contributed by atoms with E-state index in [2.05, 4.69) is 26.5 Å². The average molecular weight is 399 g/mol. The van der Waals surface area contributed by atoms with Crippen LogP contribution in [0, 0.1) is 0 Å². The predicted octanol–water partition coefficient (Wildman–Crippen LogP) is 3.33. The number of anilines is 1. The number of rotatable bonds is 5. The van der Waals surface area contributed by atoms with Crippen molar-refractivity contribution < 1.29 is 19.7 Å². The van der Waals surface area contributed by atoms with Crippen LogP contribution in [0.2, 0.25) is 5.02 Å². The monoisotopic (exact) mass is 397 g/mol. The van der Waals surface area contributed by atoms with Crippen LogP contribution in [0.15, 0.2) is 39.9 Å². The molecule has 0 amide bonds. The lowest BCUT2D eigenvalue weighted by molar-refractivity contribution is -0.270. The van der Waals surface area contributed by atoms with Gasteiger partial charge in [-0.2, -0.15) is 5.10 Å². The summed E-state index contributed by atoms with van der Waals surface area (Å²) >= 11 is 9.29. The van der Waals surface area contributed by atoms with Gasteiger partial charge in [-0.15, -0.1) is 0 Å². The van der Waals surface area contributed by atoms with E-state index in [1.807, 2.05) is 0 Å². The minimum Gasteiger partial charge on any atom is -0.870 e. The first-order valence-electron chi connectivity index (χ1n) is 6.29. The summed E-state index contributed by atoms with van der Waals surface area (Å²) in [5.74, 6) is -1.12. The molecule has 0 bridgehead atoms. The number of carboxylic acids is 1. The first kappa shape index (κ1) is 17.1. The zero-order valence-corrected chi connectivity index (χ0v) is 14.2. The summed E-state index contributed by atoms with van der Waals surface area (Å²) in [6, 6.07) is 7.13. The SMILES string of the molecule is COc1cc(Br)c(/C=N\Nc2cc(C(=O)O)ccc2Cl)cc1[O-]. The smallest absolute Gasteiger partial charge is 0.335 e. The summed E-state index contributed by atoms with van der Waals surface area (Å²) in [4.78, 5) is 10.9. The molecule has 0 aliphatic carbocycles. The van der Waals surface area contributed by atoms with Gasteiger partial charge in [0.05, 0.1) is 29.6 Å². The van der Waals surface area contributed by atoms with Crippen molar-refractivity contribution in [2.75, 3.05) is 12.5 Å². The molecule has 120 valence electrons. The fourth-order valence-corrected chi connectivity index (χ4v) is 2.31. The summed E-state index contributed by atoms with van der Waals surface area (Å²) in [6.07, 6.45) is 1.41. The van der Waals surface area contributed by atoms with Crippen LogP contribution in [0.3, 0.4) is 0 Å². The summed E-state index contributed by atoms with van der Waals surface area (Å²) in [5.41, 5.74) is 3.61. The highest BCUT2D eigenvalue weighted by Crippen LogP contribution is 2.29. The van der Waals surface area contributed by atoms with Gasteiger partial charge in [-0.25, -0.2) is 4.79 Å². The first-order chi connectivity index (χ1) is 10.9. The van der Waals surface area contributed by atoms with Crippen molar-refractivity contribution in [2.45, 2.75) is 0 Å². The second kappa shape index (κ2) is 7.34. The number of hydrazone groups is 1. The number of methoxy groups -OCH3 is 1. The maximum Gasteiger partial charge on any atom is 0.335 e. The number of nitrogens with one attached hydrogen (secondary N) is 1. The Morgan fingerprint density at radius 3 is 2.83 bits per heavy atom. The molecular formula is C15H11BrClN2O4-. The van der Waals surface area contributed by atoms with Gasteiger partial charge in [-0.05, 0) is 40.2 Å². The molecule has 23 heavy (non-hydrogen) atoms. The van der Waals surface area contributed by atoms with Crippen LogP contribution in [0.4, 0.5) is 5.69 Å². The fraction of sp³-hybridized carbons (Fsp3) is 0.0667. The van der Waals surface area contributed by atoms with Gasteiger partial charge in [-0.1, -0.05) is 23.4 Å². The molecule has 8 heteroatoms. The van der Waals surface area contributed by atoms with Crippen molar-refractivity contribution in [1.29, 1.82) is 0 Å². The number of ether oxygens (including phenoxy) is 1. The Labute approximate surface area is 145 Å². The van der Waals surface area contributed by atoms with E-state index in [9.17, 15) is 9.90 Å². The molecule has 6 nitrogen and oxygen atoms in total. The number of aromatic carboxylic acids is 1. The van der Waals surface area contributed by atoms with Gasteiger partial charge < -0.3 is 14.9 Å². The molecule has 2 N–H and O–H groups in total. The molecule has 2 rings (SSSR count). The van der Waals surface area contributed by atoms with Crippen molar-refractivity contribution >= 4 is 45.4 Å². The quantitative estimate of drug-likeness (QED) is 0.595. The molecule has 0 fully saturated rings. The van der Waals surface area contributed by atoms with E-state index in [0.717, 1.165) is 0 Å². The Morgan fingerprint density at radius 2 is 2.17 bits per heavy atom. The van der Waals surface area contributed by atoms with Crippen LogP contribution in [-0.4, -0.2) is 24.4 Å². The Bertz CT molecular complexity index is 780. The minimum absolute atomic E-state index is 0.0829. The number of carboxylic acid groups (broad SMARTS) is 1. The lowest BCUT2D eigenvalue weighted by atomic mass is 10.2. The van der Waals surface area contributed by atoms with E-state index in [-0.39, 0.29) is 17.1 Å². The maximum absolute atomic E-state index is 11.7. The second-order valence-electron chi connectivity index (χ2n) is 4.39. The lowest BCUT2D eigenvalue weighted by Gasteiger charge is -2.14. The Balaban J connectivity index is 2.21. The van der Waals surface area contributed by atoms with Crippen LogP contribution in [0.1, 0.15) is 15.9 Å². The topological polar surface area (TPSA) is 94.0 Å². The highest BCUT2D eigenvalue weighted by Gasteiger charge is 2.07. The van der Waals surface area contributed by atoms with Gasteiger partial charge in [0, 0.05) is 10.0 Å². The van der Waals surface area contributed by atoms with E-state index in [1.165, 1.54) is 37.6 Å². The van der Waals surface area contributed by atoms with Crippen molar-refractivity contribution in [3.8, 4) is 11.5 Å². The number of carbonyl (C=O) groups is 1. The predicted molar refractivity (Wildman–Crippen MR) is 89.8 cm³/mol. The molecule has 0 saturated carbocycles. The molecule has 0 unspecified atom stereocenters. The fourth-order valence-electron chi connectivity index (χ4n) is 1.72. The molecule has 0 aliphatic heterocycles. The molecule has 2 aromatic carbocycles. The summed E-state index contributed by atoms with van der Waals surface area (Å²) in [6.45, 7) is 0. The van der Waals surface area contributed by atoms with Crippen molar-refractivity contribution in [2.24, 2.45) is 5.10 Å². The molecule has 0 aliphatic rings. The minimum atomic E-state index is -1.07. The number of hydrogen-bond acceptors (Lipinski definition) is 5. The molecule has 0 spiro atoms. The van der Waals surface area contributed by atoms with E-state index >= 15 is 0 Å². The van der Waals surface area contributed by atoms with Crippen molar-refractivity contribution in [3.05, 3.63) is 51.0 Å². The summed E-state index contributed by atoms with van der Waals surface area (Å²) in [7, 11) is 1.41. The molecular weight excluding hydrogens is 388 g/mol. The molecule has 2 aromatic rings. The second-order valence-corrected chi connectivity index (χ2v) is 5.66. The Kier molecular flexibility index (Phi) is 5.46. The highest BCUT2D eigenvalue weighted by atomic mass is 79.9.